The molecule has 3 N–H and O–H groups in total. The van der Waals surface area contributed by atoms with Gasteiger partial charge in [0, 0.05) is 0 Å². The van der Waals surface area contributed by atoms with Crippen molar-refractivity contribution in [3.8, 4) is 0 Å². The summed E-state index contributed by atoms with van der Waals surface area (Å²) in [5.41, 5.74) is 5.08. The molecule has 0 saturated heterocycles. The zero-order valence-electron chi connectivity index (χ0n) is 7.57. The zero-order chi connectivity index (χ0) is 9.94. The van der Waals surface area contributed by atoms with Crippen molar-refractivity contribution in [1.29, 1.82) is 0 Å². The number of hydrogen-bond donors (Lipinski definition) is 2. The van der Waals surface area contributed by atoms with Crippen LogP contribution in [-0.2, 0) is 9.59 Å². The monoisotopic (exact) mass is 175 g/mol. The predicted molar refractivity (Wildman–Crippen MR) is 43.5 cm³/mol. The summed E-state index contributed by atoms with van der Waals surface area (Å²) in [5, 5.41) is 8.72. The molecule has 0 heterocycles. The Labute approximate surface area is 71.4 Å². The van der Waals surface area contributed by atoms with E-state index in [1.807, 2.05) is 0 Å². The number of Topliss-reactive ketones (excluding diaryl/α,β-unsaturated/α-hetero) is 1. The lowest BCUT2D eigenvalue weighted by Crippen LogP contribution is -2.55. The minimum Gasteiger partial charge on any atom is -0.476 e. The Hall–Kier alpha value is -0.940. The maximum Gasteiger partial charge on any atom is 0.370 e. The number of ketones is 1. The van der Waals surface area contributed by atoms with E-state index in [2.05, 4.69) is 0 Å². The number of aliphatic carboxylic acids is 1. The van der Waals surface area contributed by atoms with E-state index in [1.165, 1.54) is 0 Å². The number of carbonyl (C=O) groups excluding carboxylic acids is 1. The van der Waals surface area contributed by atoms with Crippen molar-refractivity contribution in [2.45, 2.75) is 6.04 Å². The molecule has 5 nitrogen and oxygen atoms in total. The second kappa shape index (κ2) is 3.64. The van der Waals surface area contributed by atoms with E-state index in [-0.39, 0.29) is 11.0 Å². The van der Waals surface area contributed by atoms with Gasteiger partial charge in [0.15, 0.2) is 0 Å². The highest BCUT2D eigenvalue weighted by Crippen LogP contribution is 2.03. The molecular formula is C7H15N2O3+. The Morgan fingerprint density at radius 1 is 1.42 bits per heavy atom. The van der Waals surface area contributed by atoms with E-state index in [0.717, 1.165) is 0 Å². The van der Waals surface area contributed by atoms with Crippen molar-refractivity contribution >= 4 is 11.8 Å². The number of hydrogen-bond acceptors (Lipinski definition) is 3. The number of quaternary nitrogens is 1. The molecule has 0 bridgehead atoms. The highest BCUT2D eigenvalue weighted by molar-refractivity contribution is 6.01. The Morgan fingerprint density at radius 3 is 1.92 bits per heavy atom. The smallest absolute Gasteiger partial charge is 0.370 e. The number of nitrogens with two attached hydrogens (primary N) is 1. The highest BCUT2D eigenvalue weighted by atomic mass is 16.4. The molecule has 0 aromatic carbocycles. The van der Waals surface area contributed by atoms with E-state index < -0.39 is 17.8 Å². The lowest BCUT2D eigenvalue weighted by atomic mass is 10.1. The number of rotatable bonds is 4. The lowest BCUT2D eigenvalue weighted by molar-refractivity contribution is -0.878. The first-order valence-electron chi connectivity index (χ1n) is 3.57. The van der Waals surface area contributed by atoms with Crippen molar-refractivity contribution in [2.75, 3.05) is 27.7 Å². The van der Waals surface area contributed by atoms with Gasteiger partial charge in [0.1, 0.15) is 0 Å². The molecule has 1 atom stereocenters. The van der Waals surface area contributed by atoms with Crippen molar-refractivity contribution < 1.29 is 19.2 Å². The van der Waals surface area contributed by atoms with Gasteiger partial charge in [0.05, 0.1) is 27.7 Å². The molecule has 12 heavy (non-hydrogen) atoms. The van der Waals surface area contributed by atoms with Crippen LogP contribution in [-0.4, -0.2) is 55.1 Å². The summed E-state index contributed by atoms with van der Waals surface area (Å²) in [4.78, 5) is 21.7. The van der Waals surface area contributed by atoms with Crippen molar-refractivity contribution in [3.63, 3.8) is 0 Å². The average Bonchev–Trinajstić information content (AvgIpc) is 1.83. The van der Waals surface area contributed by atoms with Crippen molar-refractivity contribution in [1.82, 2.24) is 0 Å². The standard InChI is InChI=1S/C7H14N2O3/c1-9(2,3)6(7(11)12)5(10)4-8/h6H,4,8H2,1-3H3/p+1. The number of nitrogens with zero attached hydrogens (tertiary/aromatic N) is 1. The molecular weight excluding hydrogens is 160 g/mol. The first kappa shape index (κ1) is 11.1. The molecule has 0 aromatic rings. The summed E-state index contributed by atoms with van der Waals surface area (Å²) in [6.45, 7) is -0.230. The molecule has 0 radical (unpaired) electrons. The molecule has 0 amide bonds. The quantitative estimate of drug-likeness (QED) is 0.410. The first-order valence-corrected chi connectivity index (χ1v) is 3.57. The second-order valence-electron chi connectivity index (χ2n) is 3.53. The van der Waals surface area contributed by atoms with Crippen LogP contribution < -0.4 is 5.73 Å². The summed E-state index contributed by atoms with van der Waals surface area (Å²) < 4.78 is 0.0609. The van der Waals surface area contributed by atoms with Gasteiger partial charge >= 0.3 is 5.97 Å². The van der Waals surface area contributed by atoms with Crippen LogP contribution in [0.25, 0.3) is 0 Å². The largest absolute Gasteiger partial charge is 0.476 e. The van der Waals surface area contributed by atoms with Crippen LogP contribution in [0.15, 0.2) is 0 Å². The van der Waals surface area contributed by atoms with Crippen LogP contribution in [0.3, 0.4) is 0 Å². The first-order chi connectivity index (χ1) is 5.30. The van der Waals surface area contributed by atoms with Crippen LogP contribution in [0.2, 0.25) is 0 Å². The molecule has 0 spiro atoms. The average molecular weight is 175 g/mol. The minimum atomic E-state index is -1.13. The maximum absolute atomic E-state index is 11.1. The summed E-state index contributed by atoms with van der Waals surface area (Å²) in [6, 6.07) is -1.06. The Bertz CT molecular complexity index is 195. The van der Waals surface area contributed by atoms with Gasteiger partial charge in [-0.15, -0.1) is 0 Å². The molecule has 70 valence electrons. The molecule has 5 heteroatoms. The van der Waals surface area contributed by atoms with Crippen LogP contribution in [0.4, 0.5) is 0 Å². The van der Waals surface area contributed by atoms with Gasteiger partial charge in [0.2, 0.25) is 11.8 Å². The Kier molecular flexibility index (Phi) is 3.36. The van der Waals surface area contributed by atoms with Crippen LogP contribution in [0.1, 0.15) is 0 Å². The number of carboxylic acid groups (broad SMARTS) is 1. The summed E-state index contributed by atoms with van der Waals surface area (Å²) in [6.07, 6.45) is 0. The summed E-state index contributed by atoms with van der Waals surface area (Å²) >= 11 is 0. The highest BCUT2D eigenvalue weighted by Gasteiger charge is 2.37. The molecule has 0 aliphatic heterocycles. The van der Waals surface area contributed by atoms with E-state index in [0.29, 0.717) is 0 Å². The van der Waals surface area contributed by atoms with Gasteiger partial charge in [-0.25, -0.2) is 4.79 Å². The third-order valence-electron chi connectivity index (χ3n) is 1.51. The topological polar surface area (TPSA) is 80.4 Å². The van der Waals surface area contributed by atoms with Gasteiger partial charge < -0.3 is 15.3 Å². The molecule has 0 aliphatic carbocycles. The number of likely N-dealkylation sites (N-methyl/N-ethyl adjacent to an activating group) is 1. The third-order valence-corrected chi connectivity index (χ3v) is 1.51. The fourth-order valence-corrected chi connectivity index (χ4v) is 1.01. The Balaban J connectivity index is 4.68. The Morgan fingerprint density at radius 2 is 1.83 bits per heavy atom. The molecule has 0 aromatic heterocycles. The van der Waals surface area contributed by atoms with Gasteiger partial charge in [-0.1, -0.05) is 0 Å². The van der Waals surface area contributed by atoms with Crippen molar-refractivity contribution in [2.24, 2.45) is 5.73 Å². The minimum absolute atomic E-state index is 0.0609. The fourth-order valence-electron chi connectivity index (χ4n) is 1.01. The van der Waals surface area contributed by atoms with Gasteiger partial charge in [0.25, 0.3) is 0 Å². The molecule has 0 aliphatic rings. The normalized spacial score (nSPS) is 14.0. The van der Waals surface area contributed by atoms with Gasteiger partial charge in [-0.3, -0.25) is 4.79 Å². The summed E-state index contributed by atoms with van der Waals surface area (Å²) in [5.74, 6) is -1.58. The lowest BCUT2D eigenvalue weighted by Gasteiger charge is -2.29. The zero-order valence-corrected chi connectivity index (χ0v) is 7.57. The van der Waals surface area contributed by atoms with E-state index in [1.54, 1.807) is 21.1 Å². The van der Waals surface area contributed by atoms with Gasteiger partial charge in [-0.2, -0.15) is 0 Å². The molecule has 0 fully saturated rings. The summed E-state index contributed by atoms with van der Waals surface area (Å²) in [7, 11) is 4.94. The second-order valence-corrected chi connectivity index (χ2v) is 3.53. The van der Waals surface area contributed by atoms with Crippen LogP contribution in [0, 0.1) is 0 Å². The van der Waals surface area contributed by atoms with E-state index in [9.17, 15) is 9.59 Å². The maximum atomic E-state index is 11.1. The fraction of sp³-hybridized carbons (Fsp3) is 0.714. The molecule has 0 saturated carbocycles. The van der Waals surface area contributed by atoms with Crippen LogP contribution >= 0.6 is 0 Å². The van der Waals surface area contributed by atoms with E-state index >= 15 is 0 Å². The number of carboxylic acids is 1. The molecule has 1 unspecified atom stereocenters. The molecule has 0 rings (SSSR count). The predicted octanol–water partition coefficient (Wildman–Crippen LogP) is -1.33. The van der Waals surface area contributed by atoms with Crippen LogP contribution in [0.5, 0.6) is 0 Å². The third kappa shape index (κ3) is 2.60. The van der Waals surface area contributed by atoms with Gasteiger partial charge in [-0.05, 0) is 0 Å². The van der Waals surface area contributed by atoms with E-state index in [4.69, 9.17) is 10.8 Å². The van der Waals surface area contributed by atoms with Crippen molar-refractivity contribution in [3.05, 3.63) is 0 Å². The SMILES string of the molecule is C[N+](C)(C)C(C(=O)O)C(=O)CN. The number of carbonyl (C=O) groups is 2.